The van der Waals surface area contributed by atoms with Gasteiger partial charge in [-0.05, 0) is 35.2 Å². The number of alkyl halides is 2. The van der Waals surface area contributed by atoms with Crippen LogP contribution in [0.5, 0.6) is 0 Å². The molecule has 0 radical (unpaired) electrons. The van der Waals surface area contributed by atoms with Crippen molar-refractivity contribution in [3.63, 3.8) is 0 Å². The van der Waals surface area contributed by atoms with Crippen LogP contribution in [-0.2, 0) is 6.42 Å². The minimum absolute atomic E-state index is 0.319. The molecule has 1 heterocycles. The van der Waals surface area contributed by atoms with E-state index in [2.05, 4.69) is 0 Å². The number of benzene rings is 2. The molecule has 0 aliphatic carbocycles. The van der Waals surface area contributed by atoms with Crippen LogP contribution >= 0.6 is 0 Å². The summed E-state index contributed by atoms with van der Waals surface area (Å²) in [4.78, 5) is 15.0. The zero-order valence-corrected chi connectivity index (χ0v) is 15.6. The molecule has 27 heavy (non-hydrogen) atoms. The number of carbonyl (C=O) groups is 1. The standard InChI is InChI=1S/C21H23F3N2O/c1-14-19(26(13-21(14,23)24)20(27)25(2)3)11-15-6-4-7-16(10-15)17-8-5-9-18(22)12-17/h4-10,12,14,19H,11,13H2,1-3H3/t14-,19+/m1/s1. The third-order valence-electron chi connectivity index (χ3n) is 5.18. The van der Waals surface area contributed by atoms with Crippen molar-refractivity contribution < 1.29 is 18.0 Å². The van der Waals surface area contributed by atoms with Crippen LogP contribution in [0.3, 0.4) is 0 Å². The molecule has 3 rings (SSSR count). The van der Waals surface area contributed by atoms with Crippen molar-refractivity contribution >= 4 is 6.03 Å². The molecule has 0 aromatic heterocycles. The molecule has 6 heteroatoms. The van der Waals surface area contributed by atoms with Gasteiger partial charge in [0.1, 0.15) is 5.82 Å². The summed E-state index contributed by atoms with van der Waals surface area (Å²) >= 11 is 0. The van der Waals surface area contributed by atoms with Crippen LogP contribution in [0.25, 0.3) is 11.1 Å². The number of nitrogens with zero attached hydrogens (tertiary/aromatic N) is 2. The van der Waals surface area contributed by atoms with Gasteiger partial charge in [0.2, 0.25) is 0 Å². The summed E-state index contributed by atoms with van der Waals surface area (Å²) < 4.78 is 42.1. The molecule has 1 fully saturated rings. The van der Waals surface area contributed by atoms with Gasteiger partial charge in [0.25, 0.3) is 5.92 Å². The quantitative estimate of drug-likeness (QED) is 0.763. The maximum atomic E-state index is 14.3. The fourth-order valence-corrected chi connectivity index (χ4v) is 3.58. The highest BCUT2D eigenvalue weighted by Gasteiger charge is 2.53. The highest BCUT2D eigenvalue weighted by atomic mass is 19.3. The first kappa shape index (κ1) is 19.3. The lowest BCUT2D eigenvalue weighted by molar-refractivity contribution is -0.0229. The van der Waals surface area contributed by atoms with Gasteiger partial charge in [-0.3, -0.25) is 0 Å². The molecular formula is C21H23F3N2O. The Bertz CT molecular complexity index is 838. The molecule has 2 aromatic carbocycles. The van der Waals surface area contributed by atoms with Gasteiger partial charge in [0.05, 0.1) is 6.54 Å². The van der Waals surface area contributed by atoms with E-state index in [1.165, 1.54) is 28.9 Å². The number of hydrogen-bond acceptors (Lipinski definition) is 1. The van der Waals surface area contributed by atoms with E-state index in [1.54, 1.807) is 26.2 Å². The molecule has 0 spiro atoms. The molecule has 0 bridgehead atoms. The smallest absolute Gasteiger partial charge is 0.319 e. The Balaban J connectivity index is 1.88. The average Bonchev–Trinajstić information content (AvgIpc) is 2.85. The summed E-state index contributed by atoms with van der Waals surface area (Å²) in [6.45, 7) is 0.920. The average molecular weight is 376 g/mol. The molecule has 1 aliphatic heterocycles. The third kappa shape index (κ3) is 3.94. The lowest BCUT2D eigenvalue weighted by Crippen LogP contribution is -2.44. The van der Waals surface area contributed by atoms with Gasteiger partial charge in [0.15, 0.2) is 0 Å². The van der Waals surface area contributed by atoms with Gasteiger partial charge >= 0.3 is 6.03 Å². The highest BCUT2D eigenvalue weighted by molar-refractivity contribution is 5.75. The number of halogens is 3. The Kier molecular flexibility index (Phi) is 5.18. The molecule has 1 saturated heterocycles. The van der Waals surface area contributed by atoms with E-state index in [9.17, 15) is 18.0 Å². The maximum Gasteiger partial charge on any atom is 0.319 e. The summed E-state index contributed by atoms with van der Waals surface area (Å²) in [5, 5.41) is 0. The van der Waals surface area contributed by atoms with E-state index in [-0.39, 0.29) is 5.82 Å². The first-order chi connectivity index (χ1) is 12.7. The first-order valence-corrected chi connectivity index (χ1v) is 8.89. The van der Waals surface area contributed by atoms with Crippen molar-refractivity contribution in [1.82, 2.24) is 9.80 Å². The van der Waals surface area contributed by atoms with E-state index in [1.807, 2.05) is 24.3 Å². The number of likely N-dealkylation sites (tertiary alicyclic amines) is 1. The Morgan fingerprint density at radius 1 is 1.15 bits per heavy atom. The Morgan fingerprint density at radius 2 is 1.78 bits per heavy atom. The SMILES string of the molecule is C[C@@H]1[C@H](Cc2cccc(-c3cccc(F)c3)c2)N(C(=O)N(C)C)CC1(F)F. The fourth-order valence-electron chi connectivity index (χ4n) is 3.58. The van der Waals surface area contributed by atoms with E-state index in [0.29, 0.717) is 6.42 Å². The van der Waals surface area contributed by atoms with Crippen LogP contribution in [0.1, 0.15) is 12.5 Å². The lowest BCUT2D eigenvalue weighted by Gasteiger charge is -2.28. The zero-order valence-electron chi connectivity index (χ0n) is 15.6. The van der Waals surface area contributed by atoms with Crippen LogP contribution in [-0.4, -0.2) is 48.4 Å². The second-order valence-corrected chi connectivity index (χ2v) is 7.34. The lowest BCUT2D eigenvalue weighted by atomic mass is 9.92. The van der Waals surface area contributed by atoms with Gasteiger partial charge in [0, 0.05) is 26.1 Å². The largest absolute Gasteiger partial charge is 0.331 e. The number of hydrogen-bond donors (Lipinski definition) is 0. The normalized spacial score (nSPS) is 21.3. The van der Waals surface area contributed by atoms with Crippen molar-refractivity contribution in [3.05, 3.63) is 59.9 Å². The summed E-state index contributed by atoms with van der Waals surface area (Å²) in [5.41, 5.74) is 2.38. The summed E-state index contributed by atoms with van der Waals surface area (Å²) in [6, 6.07) is 12.6. The third-order valence-corrected chi connectivity index (χ3v) is 5.18. The molecule has 144 valence electrons. The number of carbonyl (C=O) groups excluding carboxylic acids is 1. The minimum atomic E-state index is -2.92. The predicted octanol–water partition coefficient (Wildman–Crippen LogP) is 4.67. The molecule has 0 saturated carbocycles. The molecule has 0 unspecified atom stereocenters. The van der Waals surface area contributed by atoms with Crippen molar-refractivity contribution in [3.8, 4) is 11.1 Å². The van der Waals surface area contributed by atoms with Gasteiger partial charge < -0.3 is 9.80 Å². The Labute approximate surface area is 157 Å². The van der Waals surface area contributed by atoms with E-state index in [4.69, 9.17) is 0 Å². The molecule has 2 aromatic rings. The van der Waals surface area contributed by atoms with E-state index in [0.717, 1.165) is 16.7 Å². The van der Waals surface area contributed by atoms with Gasteiger partial charge in [-0.1, -0.05) is 43.3 Å². The van der Waals surface area contributed by atoms with Crippen LogP contribution in [0, 0.1) is 11.7 Å². The minimum Gasteiger partial charge on any atom is -0.331 e. The van der Waals surface area contributed by atoms with Crippen LogP contribution < -0.4 is 0 Å². The molecule has 1 aliphatic rings. The van der Waals surface area contributed by atoms with Crippen molar-refractivity contribution in [1.29, 1.82) is 0 Å². The van der Waals surface area contributed by atoms with Crippen molar-refractivity contribution in [2.45, 2.75) is 25.3 Å². The van der Waals surface area contributed by atoms with Crippen LogP contribution in [0.15, 0.2) is 48.5 Å². The first-order valence-electron chi connectivity index (χ1n) is 8.89. The monoisotopic (exact) mass is 376 g/mol. The van der Waals surface area contributed by atoms with E-state index >= 15 is 0 Å². The second-order valence-electron chi connectivity index (χ2n) is 7.34. The number of rotatable bonds is 3. The zero-order chi connectivity index (χ0) is 19.8. The summed E-state index contributed by atoms with van der Waals surface area (Å²) in [5.74, 6) is -4.19. The highest BCUT2D eigenvalue weighted by Crippen LogP contribution is 2.39. The summed E-state index contributed by atoms with van der Waals surface area (Å²) in [6.07, 6.45) is 0.319. The second kappa shape index (κ2) is 7.25. The Hall–Kier alpha value is -2.50. The number of amides is 2. The van der Waals surface area contributed by atoms with Gasteiger partial charge in [-0.15, -0.1) is 0 Å². The maximum absolute atomic E-state index is 14.3. The molecule has 3 nitrogen and oxygen atoms in total. The van der Waals surface area contributed by atoms with E-state index < -0.39 is 30.5 Å². The van der Waals surface area contributed by atoms with Gasteiger partial charge in [-0.2, -0.15) is 0 Å². The molecule has 2 amide bonds. The fraction of sp³-hybridized carbons (Fsp3) is 0.381. The summed E-state index contributed by atoms with van der Waals surface area (Å²) in [7, 11) is 3.12. The molecule has 2 atom stereocenters. The molecular weight excluding hydrogens is 353 g/mol. The van der Waals surface area contributed by atoms with Crippen LogP contribution in [0.2, 0.25) is 0 Å². The molecule has 0 N–H and O–H groups in total. The number of urea groups is 1. The van der Waals surface area contributed by atoms with Crippen molar-refractivity contribution in [2.75, 3.05) is 20.6 Å². The topological polar surface area (TPSA) is 23.6 Å². The van der Waals surface area contributed by atoms with Crippen LogP contribution in [0.4, 0.5) is 18.0 Å². The van der Waals surface area contributed by atoms with Gasteiger partial charge in [-0.25, -0.2) is 18.0 Å². The van der Waals surface area contributed by atoms with Crippen molar-refractivity contribution in [2.24, 2.45) is 5.92 Å². The predicted molar refractivity (Wildman–Crippen MR) is 99.2 cm³/mol. The Morgan fingerprint density at radius 3 is 2.41 bits per heavy atom.